The molecule has 1 aromatic carbocycles. The number of rotatable bonds is 8. The van der Waals surface area contributed by atoms with Crippen molar-refractivity contribution in [2.45, 2.75) is 52.0 Å². The van der Waals surface area contributed by atoms with Gasteiger partial charge in [0.1, 0.15) is 0 Å². The molecule has 0 radical (unpaired) electrons. The molecule has 1 aliphatic rings. The zero-order valence-corrected chi connectivity index (χ0v) is 17.3. The smallest absolute Gasteiger partial charge is 0.225 e. The summed E-state index contributed by atoms with van der Waals surface area (Å²) in [6.45, 7) is 6.58. The van der Waals surface area contributed by atoms with E-state index in [9.17, 15) is 9.59 Å². The first kappa shape index (κ1) is 20.9. The molecule has 5 nitrogen and oxygen atoms in total. The molecule has 2 rings (SSSR count). The van der Waals surface area contributed by atoms with Crippen LogP contribution in [0.5, 0.6) is 0 Å². The average Bonchev–Trinajstić information content (AvgIpc) is 2.60. The summed E-state index contributed by atoms with van der Waals surface area (Å²) in [7, 11) is 0. The monoisotopic (exact) mass is 423 g/mol. The zero-order chi connectivity index (χ0) is 18.9. The third-order valence-corrected chi connectivity index (χ3v) is 5.24. The number of nitrogens with zero attached hydrogens (tertiary/aromatic N) is 1. The summed E-state index contributed by atoms with van der Waals surface area (Å²) in [5.74, 6) is 0.205. The lowest BCUT2D eigenvalue weighted by Crippen LogP contribution is -2.45. The van der Waals surface area contributed by atoms with Crippen molar-refractivity contribution in [3.63, 3.8) is 0 Å². The first-order valence-corrected chi connectivity index (χ1v) is 10.4. The summed E-state index contributed by atoms with van der Waals surface area (Å²) in [6.07, 6.45) is 4.47. The lowest BCUT2D eigenvalue weighted by Gasteiger charge is -2.32. The van der Waals surface area contributed by atoms with Crippen LogP contribution < -0.4 is 10.6 Å². The van der Waals surface area contributed by atoms with Crippen molar-refractivity contribution in [2.24, 2.45) is 5.92 Å². The van der Waals surface area contributed by atoms with Crippen LogP contribution in [0.4, 0.5) is 5.69 Å². The summed E-state index contributed by atoms with van der Waals surface area (Å²) in [4.78, 5) is 26.8. The van der Waals surface area contributed by atoms with Gasteiger partial charge in [0.25, 0.3) is 0 Å². The van der Waals surface area contributed by atoms with E-state index in [1.165, 1.54) is 0 Å². The molecule has 1 heterocycles. The molecule has 26 heavy (non-hydrogen) atoms. The molecule has 2 N–H and O–H groups in total. The van der Waals surface area contributed by atoms with Crippen molar-refractivity contribution >= 4 is 33.4 Å². The van der Waals surface area contributed by atoms with Gasteiger partial charge in [-0.1, -0.05) is 35.3 Å². The Morgan fingerprint density at radius 1 is 1.38 bits per heavy atom. The minimum absolute atomic E-state index is 0.00578. The SMILES string of the molecule is CCCC(C)NC(=O)C1CCCN(CCC(=O)Nc2cccc(Br)c2)C1. The Balaban J connectivity index is 1.75. The highest BCUT2D eigenvalue weighted by atomic mass is 79.9. The minimum atomic E-state index is 0.00578. The second kappa shape index (κ2) is 10.7. The molecule has 2 atom stereocenters. The van der Waals surface area contributed by atoms with Crippen molar-refractivity contribution in [3.8, 4) is 0 Å². The molecule has 2 unspecified atom stereocenters. The molecule has 0 spiro atoms. The van der Waals surface area contributed by atoms with E-state index >= 15 is 0 Å². The number of hydrogen-bond donors (Lipinski definition) is 2. The van der Waals surface area contributed by atoms with Gasteiger partial charge in [0, 0.05) is 35.7 Å². The van der Waals surface area contributed by atoms with Gasteiger partial charge in [0.15, 0.2) is 0 Å². The molecule has 0 saturated carbocycles. The molecule has 2 amide bonds. The van der Waals surface area contributed by atoms with Crippen molar-refractivity contribution in [3.05, 3.63) is 28.7 Å². The van der Waals surface area contributed by atoms with Crippen LogP contribution in [-0.2, 0) is 9.59 Å². The highest BCUT2D eigenvalue weighted by Gasteiger charge is 2.26. The third-order valence-electron chi connectivity index (χ3n) is 4.75. The lowest BCUT2D eigenvalue weighted by molar-refractivity contribution is -0.127. The number of halogens is 1. The fourth-order valence-corrected chi connectivity index (χ4v) is 3.79. The van der Waals surface area contributed by atoms with Gasteiger partial charge in [-0.3, -0.25) is 9.59 Å². The van der Waals surface area contributed by atoms with E-state index in [1.54, 1.807) is 0 Å². The maximum atomic E-state index is 12.4. The Morgan fingerprint density at radius 2 is 2.19 bits per heavy atom. The number of amides is 2. The standard InChI is InChI=1S/C20H30BrN3O2/c1-3-6-15(2)22-20(26)16-7-5-11-24(14-16)12-10-19(25)23-18-9-4-8-17(21)13-18/h4,8-9,13,15-16H,3,5-7,10-12,14H2,1-2H3,(H,22,26)(H,23,25). The zero-order valence-electron chi connectivity index (χ0n) is 15.8. The number of benzene rings is 1. The largest absolute Gasteiger partial charge is 0.353 e. The van der Waals surface area contributed by atoms with Gasteiger partial charge in [0.05, 0.1) is 5.92 Å². The molecule has 1 saturated heterocycles. The number of carbonyl (C=O) groups excluding carboxylic acids is 2. The summed E-state index contributed by atoms with van der Waals surface area (Å²) >= 11 is 3.40. The molecular formula is C20H30BrN3O2. The molecule has 0 aromatic heterocycles. The molecule has 1 aromatic rings. The fourth-order valence-electron chi connectivity index (χ4n) is 3.39. The second-order valence-corrected chi connectivity index (χ2v) is 8.06. The maximum absolute atomic E-state index is 12.4. The van der Waals surface area contributed by atoms with Gasteiger partial charge < -0.3 is 15.5 Å². The van der Waals surface area contributed by atoms with E-state index in [-0.39, 0.29) is 23.8 Å². The quantitative estimate of drug-likeness (QED) is 0.668. The summed E-state index contributed by atoms with van der Waals surface area (Å²) in [5.41, 5.74) is 0.796. The molecule has 0 aliphatic carbocycles. The predicted octanol–water partition coefficient (Wildman–Crippen LogP) is 3.79. The van der Waals surface area contributed by atoms with Crippen molar-refractivity contribution in [1.82, 2.24) is 10.2 Å². The molecule has 6 heteroatoms. The van der Waals surface area contributed by atoms with E-state index < -0.39 is 0 Å². The van der Waals surface area contributed by atoms with Crippen molar-refractivity contribution in [2.75, 3.05) is 25.0 Å². The Labute approximate surface area is 165 Å². The first-order valence-electron chi connectivity index (χ1n) is 9.56. The molecule has 1 aliphatic heterocycles. The summed E-state index contributed by atoms with van der Waals surface area (Å²) in [5, 5.41) is 6.05. The van der Waals surface area contributed by atoms with E-state index in [1.807, 2.05) is 24.3 Å². The lowest BCUT2D eigenvalue weighted by atomic mass is 9.96. The Hall–Kier alpha value is -1.40. The van der Waals surface area contributed by atoms with Gasteiger partial charge in [0.2, 0.25) is 11.8 Å². The van der Waals surface area contributed by atoms with Crippen LogP contribution in [0.15, 0.2) is 28.7 Å². The number of carbonyl (C=O) groups is 2. The van der Waals surface area contributed by atoms with Gasteiger partial charge in [-0.15, -0.1) is 0 Å². The van der Waals surface area contributed by atoms with Crippen molar-refractivity contribution < 1.29 is 9.59 Å². The number of piperidine rings is 1. The molecule has 144 valence electrons. The maximum Gasteiger partial charge on any atom is 0.225 e. The van der Waals surface area contributed by atoms with Crippen LogP contribution >= 0.6 is 15.9 Å². The van der Waals surface area contributed by atoms with Crippen molar-refractivity contribution in [1.29, 1.82) is 0 Å². The van der Waals surface area contributed by atoms with E-state index in [0.717, 1.165) is 48.9 Å². The Morgan fingerprint density at radius 3 is 2.92 bits per heavy atom. The first-order chi connectivity index (χ1) is 12.5. The molecule has 1 fully saturated rings. The Bertz CT molecular complexity index is 608. The minimum Gasteiger partial charge on any atom is -0.353 e. The van der Waals surface area contributed by atoms with Gasteiger partial charge >= 0.3 is 0 Å². The van der Waals surface area contributed by atoms with Crippen LogP contribution in [0.1, 0.15) is 46.0 Å². The van der Waals surface area contributed by atoms with Crippen LogP contribution in [-0.4, -0.2) is 42.4 Å². The molecular weight excluding hydrogens is 394 g/mol. The topological polar surface area (TPSA) is 61.4 Å². The average molecular weight is 424 g/mol. The Kier molecular flexibility index (Phi) is 8.59. The van der Waals surface area contributed by atoms with Crippen LogP contribution in [0.25, 0.3) is 0 Å². The number of likely N-dealkylation sites (tertiary alicyclic amines) is 1. The summed E-state index contributed by atoms with van der Waals surface area (Å²) < 4.78 is 0.942. The number of anilines is 1. The normalized spacial score (nSPS) is 19.0. The van der Waals surface area contributed by atoms with Crippen LogP contribution in [0.2, 0.25) is 0 Å². The van der Waals surface area contributed by atoms with Gasteiger partial charge in [-0.2, -0.15) is 0 Å². The van der Waals surface area contributed by atoms with Crippen LogP contribution in [0.3, 0.4) is 0 Å². The second-order valence-electron chi connectivity index (χ2n) is 7.15. The van der Waals surface area contributed by atoms with Gasteiger partial charge in [-0.05, 0) is 50.9 Å². The fraction of sp³-hybridized carbons (Fsp3) is 0.600. The summed E-state index contributed by atoms with van der Waals surface area (Å²) in [6, 6.07) is 7.82. The van der Waals surface area contributed by atoms with Gasteiger partial charge in [-0.25, -0.2) is 0 Å². The van der Waals surface area contributed by atoms with E-state index in [4.69, 9.17) is 0 Å². The van der Waals surface area contributed by atoms with E-state index in [2.05, 4.69) is 45.3 Å². The highest BCUT2D eigenvalue weighted by molar-refractivity contribution is 9.10. The van der Waals surface area contributed by atoms with Crippen LogP contribution in [0, 0.1) is 5.92 Å². The third kappa shape index (κ3) is 7.08. The number of nitrogens with one attached hydrogen (secondary N) is 2. The van der Waals surface area contributed by atoms with E-state index in [0.29, 0.717) is 13.0 Å². The highest BCUT2D eigenvalue weighted by Crippen LogP contribution is 2.18. The predicted molar refractivity (Wildman–Crippen MR) is 109 cm³/mol. The molecule has 0 bridgehead atoms. The number of hydrogen-bond acceptors (Lipinski definition) is 3.